The summed E-state index contributed by atoms with van der Waals surface area (Å²) >= 11 is 0. The summed E-state index contributed by atoms with van der Waals surface area (Å²) in [4.78, 5) is 0. The summed E-state index contributed by atoms with van der Waals surface area (Å²) in [6.45, 7) is 6.25. The Hall–Kier alpha value is -1.02. The van der Waals surface area contributed by atoms with Gasteiger partial charge in [-0.3, -0.25) is 0 Å². The quantitative estimate of drug-likeness (QED) is 0.746. The van der Waals surface area contributed by atoms with E-state index >= 15 is 0 Å². The van der Waals surface area contributed by atoms with E-state index in [1.807, 2.05) is 19.1 Å². The van der Waals surface area contributed by atoms with Crippen molar-refractivity contribution in [1.29, 1.82) is 0 Å². The van der Waals surface area contributed by atoms with Gasteiger partial charge < -0.3 is 11.1 Å². The Morgan fingerprint density at radius 2 is 1.77 bits per heavy atom. The SMILES string of the molecule is CC(C)Nc1ccccc1C(C)N. The molecule has 0 heterocycles. The average Bonchev–Trinajstić information content (AvgIpc) is 2.03. The third-order valence-corrected chi connectivity index (χ3v) is 1.90. The van der Waals surface area contributed by atoms with Crippen LogP contribution in [-0.4, -0.2) is 6.04 Å². The number of benzene rings is 1. The maximum absolute atomic E-state index is 5.85. The summed E-state index contributed by atoms with van der Waals surface area (Å²) < 4.78 is 0. The molecule has 0 aliphatic carbocycles. The number of nitrogens with one attached hydrogen (secondary N) is 1. The molecule has 1 atom stereocenters. The van der Waals surface area contributed by atoms with Gasteiger partial charge in [-0.05, 0) is 32.4 Å². The van der Waals surface area contributed by atoms with E-state index in [1.54, 1.807) is 0 Å². The zero-order valence-corrected chi connectivity index (χ0v) is 8.54. The van der Waals surface area contributed by atoms with Gasteiger partial charge in [0.05, 0.1) is 0 Å². The van der Waals surface area contributed by atoms with Crippen LogP contribution in [0.3, 0.4) is 0 Å². The van der Waals surface area contributed by atoms with Crippen molar-refractivity contribution >= 4 is 5.69 Å². The van der Waals surface area contributed by atoms with Gasteiger partial charge in [0.25, 0.3) is 0 Å². The summed E-state index contributed by atoms with van der Waals surface area (Å²) in [5, 5.41) is 3.37. The number of hydrogen-bond donors (Lipinski definition) is 2. The number of hydrogen-bond acceptors (Lipinski definition) is 2. The van der Waals surface area contributed by atoms with Gasteiger partial charge in [0.15, 0.2) is 0 Å². The van der Waals surface area contributed by atoms with E-state index in [0.717, 1.165) is 5.69 Å². The first-order valence-corrected chi connectivity index (χ1v) is 4.72. The van der Waals surface area contributed by atoms with Crippen LogP contribution in [0.15, 0.2) is 24.3 Å². The zero-order chi connectivity index (χ0) is 9.84. The fraction of sp³-hybridized carbons (Fsp3) is 0.455. The molecule has 0 radical (unpaired) electrons. The van der Waals surface area contributed by atoms with Crippen molar-refractivity contribution in [3.05, 3.63) is 29.8 Å². The minimum absolute atomic E-state index is 0.0856. The molecule has 2 heteroatoms. The van der Waals surface area contributed by atoms with Crippen molar-refractivity contribution in [3.8, 4) is 0 Å². The molecule has 2 nitrogen and oxygen atoms in total. The second-order valence-electron chi connectivity index (χ2n) is 3.67. The van der Waals surface area contributed by atoms with E-state index in [-0.39, 0.29) is 6.04 Å². The Morgan fingerprint density at radius 1 is 1.15 bits per heavy atom. The highest BCUT2D eigenvalue weighted by molar-refractivity contribution is 5.52. The standard InChI is InChI=1S/C11H18N2/c1-8(2)13-11-7-5-4-6-10(11)9(3)12/h4-9,13H,12H2,1-3H3. The van der Waals surface area contributed by atoms with Crippen LogP contribution in [-0.2, 0) is 0 Å². The van der Waals surface area contributed by atoms with Gasteiger partial charge in [-0.25, -0.2) is 0 Å². The Balaban J connectivity index is 2.91. The van der Waals surface area contributed by atoms with Crippen LogP contribution >= 0.6 is 0 Å². The fourth-order valence-electron chi connectivity index (χ4n) is 1.34. The van der Waals surface area contributed by atoms with Crippen molar-refractivity contribution in [2.45, 2.75) is 32.9 Å². The first-order valence-electron chi connectivity index (χ1n) is 4.72. The van der Waals surface area contributed by atoms with Crippen LogP contribution < -0.4 is 11.1 Å². The van der Waals surface area contributed by atoms with E-state index in [0.29, 0.717) is 6.04 Å². The van der Waals surface area contributed by atoms with Crippen LogP contribution in [0.5, 0.6) is 0 Å². The highest BCUT2D eigenvalue weighted by atomic mass is 14.9. The minimum Gasteiger partial charge on any atom is -0.383 e. The Labute approximate surface area is 80.1 Å². The van der Waals surface area contributed by atoms with Gasteiger partial charge in [0.2, 0.25) is 0 Å². The van der Waals surface area contributed by atoms with E-state index < -0.39 is 0 Å². The number of nitrogens with two attached hydrogens (primary N) is 1. The van der Waals surface area contributed by atoms with Crippen molar-refractivity contribution in [1.82, 2.24) is 0 Å². The second kappa shape index (κ2) is 4.28. The molecular weight excluding hydrogens is 160 g/mol. The van der Waals surface area contributed by atoms with Crippen molar-refractivity contribution < 1.29 is 0 Å². The third-order valence-electron chi connectivity index (χ3n) is 1.90. The molecule has 3 N–H and O–H groups in total. The zero-order valence-electron chi connectivity index (χ0n) is 8.54. The van der Waals surface area contributed by atoms with Crippen molar-refractivity contribution in [2.75, 3.05) is 5.32 Å². The molecule has 1 unspecified atom stereocenters. The van der Waals surface area contributed by atoms with Crippen LogP contribution in [0.25, 0.3) is 0 Å². The first kappa shape index (κ1) is 10.1. The highest BCUT2D eigenvalue weighted by Gasteiger charge is 2.05. The van der Waals surface area contributed by atoms with E-state index in [4.69, 9.17) is 5.73 Å². The lowest BCUT2D eigenvalue weighted by atomic mass is 10.1. The lowest BCUT2D eigenvalue weighted by Crippen LogP contribution is -2.14. The molecule has 0 fully saturated rings. The van der Waals surface area contributed by atoms with Gasteiger partial charge in [0.1, 0.15) is 0 Å². The first-order chi connectivity index (χ1) is 6.11. The van der Waals surface area contributed by atoms with Crippen LogP contribution in [0.2, 0.25) is 0 Å². The molecule has 0 saturated carbocycles. The molecule has 0 aromatic heterocycles. The molecule has 1 aromatic carbocycles. The third kappa shape index (κ3) is 2.74. The Kier molecular flexibility index (Phi) is 3.32. The maximum Gasteiger partial charge on any atom is 0.0390 e. The number of para-hydroxylation sites is 1. The molecule has 72 valence electrons. The van der Waals surface area contributed by atoms with Crippen LogP contribution in [0.1, 0.15) is 32.4 Å². The average molecular weight is 178 g/mol. The van der Waals surface area contributed by atoms with Crippen LogP contribution in [0.4, 0.5) is 5.69 Å². The van der Waals surface area contributed by atoms with Crippen molar-refractivity contribution in [2.24, 2.45) is 5.73 Å². The summed E-state index contributed by atoms with van der Waals surface area (Å²) in [5.74, 6) is 0. The molecule has 0 aliphatic heterocycles. The van der Waals surface area contributed by atoms with Crippen LogP contribution in [0, 0.1) is 0 Å². The summed E-state index contributed by atoms with van der Waals surface area (Å²) in [6, 6.07) is 8.71. The monoisotopic (exact) mass is 178 g/mol. The topological polar surface area (TPSA) is 38.0 Å². The lowest BCUT2D eigenvalue weighted by molar-refractivity contribution is 0.809. The molecule has 0 aliphatic rings. The predicted molar refractivity (Wildman–Crippen MR) is 57.8 cm³/mol. The summed E-state index contributed by atoms with van der Waals surface area (Å²) in [6.07, 6.45) is 0. The molecule has 0 saturated heterocycles. The van der Waals surface area contributed by atoms with Crippen molar-refractivity contribution in [3.63, 3.8) is 0 Å². The summed E-state index contributed by atoms with van der Waals surface area (Å²) in [5.41, 5.74) is 8.17. The molecule has 13 heavy (non-hydrogen) atoms. The van der Waals surface area contributed by atoms with E-state index in [1.165, 1.54) is 5.56 Å². The smallest absolute Gasteiger partial charge is 0.0390 e. The van der Waals surface area contributed by atoms with Gasteiger partial charge in [-0.1, -0.05) is 18.2 Å². The molecule has 0 spiro atoms. The number of rotatable bonds is 3. The van der Waals surface area contributed by atoms with Gasteiger partial charge in [-0.2, -0.15) is 0 Å². The largest absolute Gasteiger partial charge is 0.383 e. The molecule has 0 amide bonds. The molecule has 1 aromatic rings. The second-order valence-corrected chi connectivity index (χ2v) is 3.67. The lowest BCUT2D eigenvalue weighted by Gasteiger charge is -2.16. The van der Waals surface area contributed by atoms with Gasteiger partial charge in [-0.15, -0.1) is 0 Å². The summed E-state index contributed by atoms with van der Waals surface area (Å²) in [7, 11) is 0. The molecular formula is C11H18N2. The van der Waals surface area contributed by atoms with Gasteiger partial charge >= 0.3 is 0 Å². The Bertz CT molecular complexity index is 267. The van der Waals surface area contributed by atoms with Gasteiger partial charge in [0, 0.05) is 17.8 Å². The number of anilines is 1. The fourth-order valence-corrected chi connectivity index (χ4v) is 1.34. The predicted octanol–water partition coefficient (Wildman–Crippen LogP) is 2.53. The minimum atomic E-state index is 0.0856. The maximum atomic E-state index is 5.85. The molecule has 0 bridgehead atoms. The van der Waals surface area contributed by atoms with E-state index in [9.17, 15) is 0 Å². The van der Waals surface area contributed by atoms with E-state index in [2.05, 4.69) is 31.3 Å². The normalized spacial score (nSPS) is 13.0. The Morgan fingerprint density at radius 3 is 2.31 bits per heavy atom. The molecule has 1 rings (SSSR count). The highest BCUT2D eigenvalue weighted by Crippen LogP contribution is 2.21.